The molecule has 0 aromatic heterocycles. The first-order chi connectivity index (χ1) is 12.6. The third-order valence-electron chi connectivity index (χ3n) is 4.70. The van der Waals surface area contributed by atoms with Gasteiger partial charge in [-0.3, -0.25) is 0 Å². The molecule has 0 aliphatic carbocycles. The zero-order valence-corrected chi connectivity index (χ0v) is 15.7. The molecule has 2 aromatic carbocycles. The second-order valence-corrected chi connectivity index (χ2v) is 6.87. The minimum Gasteiger partial charge on any atom is -0.493 e. The maximum Gasteiger partial charge on any atom is 0.161 e. The Labute approximate surface area is 154 Å². The molecule has 2 aromatic rings. The van der Waals surface area contributed by atoms with Crippen LogP contribution in [-0.2, 0) is 6.42 Å². The van der Waals surface area contributed by atoms with E-state index in [2.05, 4.69) is 10.2 Å². The van der Waals surface area contributed by atoms with E-state index in [1.807, 2.05) is 38.4 Å². The van der Waals surface area contributed by atoms with E-state index < -0.39 is 0 Å². The molecule has 0 fully saturated rings. The molecule has 0 radical (unpaired) electrons. The SMILES string of the molecule is COc1cc2c(cc1OCCCN(C)C)C(c1ccccc1F)NCC2. The van der Waals surface area contributed by atoms with Crippen molar-refractivity contribution in [2.75, 3.05) is 40.9 Å². The van der Waals surface area contributed by atoms with Gasteiger partial charge in [0, 0.05) is 18.7 Å². The van der Waals surface area contributed by atoms with Gasteiger partial charge in [-0.15, -0.1) is 0 Å². The van der Waals surface area contributed by atoms with Crippen LogP contribution in [0, 0.1) is 5.82 Å². The average molecular weight is 358 g/mol. The fourth-order valence-corrected chi connectivity index (χ4v) is 3.39. The van der Waals surface area contributed by atoms with Crippen LogP contribution in [0.25, 0.3) is 0 Å². The molecule has 4 nitrogen and oxygen atoms in total. The zero-order valence-electron chi connectivity index (χ0n) is 15.7. The molecule has 0 saturated heterocycles. The van der Waals surface area contributed by atoms with Crippen molar-refractivity contribution in [1.82, 2.24) is 10.2 Å². The first-order valence-electron chi connectivity index (χ1n) is 9.06. The first-order valence-corrected chi connectivity index (χ1v) is 9.06. The summed E-state index contributed by atoms with van der Waals surface area (Å²) in [6, 6.07) is 10.8. The predicted molar refractivity (Wildman–Crippen MR) is 102 cm³/mol. The lowest BCUT2D eigenvalue weighted by molar-refractivity contribution is 0.267. The van der Waals surface area contributed by atoms with E-state index in [1.54, 1.807) is 13.2 Å². The van der Waals surface area contributed by atoms with Crippen LogP contribution in [0.2, 0.25) is 0 Å². The van der Waals surface area contributed by atoms with Crippen molar-refractivity contribution in [3.63, 3.8) is 0 Å². The molecule has 1 unspecified atom stereocenters. The highest BCUT2D eigenvalue weighted by atomic mass is 19.1. The molecule has 0 saturated carbocycles. The highest BCUT2D eigenvalue weighted by Crippen LogP contribution is 2.38. The molecule has 1 atom stereocenters. The van der Waals surface area contributed by atoms with Gasteiger partial charge in [-0.25, -0.2) is 4.39 Å². The van der Waals surface area contributed by atoms with Gasteiger partial charge in [0.15, 0.2) is 11.5 Å². The van der Waals surface area contributed by atoms with Crippen LogP contribution in [0.1, 0.15) is 29.2 Å². The first kappa shape index (κ1) is 18.7. The van der Waals surface area contributed by atoms with E-state index in [1.165, 1.54) is 11.6 Å². The zero-order chi connectivity index (χ0) is 18.5. The van der Waals surface area contributed by atoms with Crippen molar-refractivity contribution >= 4 is 0 Å². The molecular formula is C21H27FN2O2. The van der Waals surface area contributed by atoms with E-state index in [4.69, 9.17) is 9.47 Å². The van der Waals surface area contributed by atoms with Gasteiger partial charge in [0.05, 0.1) is 19.8 Å². The molecule has 0 amide bonds. The van der Waals surface area contributed by atoms with E-state index in [0.29, 0.717) is 12.2 Å². The van der Waals surface area contributed by atoms with E-state index in [0.717, 1.165) is 43.0 Å². The van der Waals surface area contributed by atoms with Gasteiger partial charge in [-0.1, -0.05) is 18.2 Å². The van der Waals surface area contributed by atoms with Crippen molar-refractivity contribution in [2.45, 2.75) is 18.9 Å². The molecule has 1 heterocycles. The summed E-state index contributed by atoms with van der Waals surface area (Å²) in [5.41, 5.74) is 2.90. The Morgan fingerprint density at radius 1 is 1.15 bits per heavy atom. The largest absolute Gasteiger partial charge is 0.493 e. The maximum absolute atomic E-state index is 14.3. The van der Waals surface area contributed by atoms with Gasteiger partial charge in [-0.05, 0) is 56.3 Å². The minimum atomic E-state index is -0.192. The third kappa shape index (κ3) is 4.17. The molecule has 1 N–H and O–H groups in total. The molecule has 1 aliphatic heterocycles. The highest BCUT2D eigenvalue weighted by molar-refractivity contribution is 5.51. The number of rotatable bonds is 7. The summed E-state index contributed by atoms with van der Waals surface area (Å²) in [6.45, 7) is 2.38. The quantitative estimate of drug-likeness (QED) is 0.769. The summed E-state index contributed by atoms with van der Waals surface area (Å²) >= 11 is 0. The summed E-state index contributed by atoms with van der Waals surface area (Å²) in [4.78, 5) is 2.13. The lowest BCUT2D eigenvalue weighted by Gasteiger charge is -2.29. The smallest absolute Gasteiger partial charge is 0.161 e. The van der Waals surface area contributed by atoms with Crippen molar-refractivity contribution in [3.05, 3.63) is 58.9 Å². The molecule has 140 valence electrons. The third-order valence-corrected chi connectivity index (χ3v) is 4.70. The molecule has 0 bridgehead atoms. The Kier molecular flexibility index (Phi) is 6.12. The highest BCUT2D eigenvalue weighted by Gasteiger charge is 2.25. The normalized spacial score (nSPS) is 16.4. The predicted octanol–water partition coefficient (Wildman–Crippen LogP) is 3.40. The van der Waals surface area contributed by atoms with Crippen molar-refractivity contribution < 1.29 is 13.9 Å². The van der Waals surface area contributed by atoms with Gasteiger partial charge in [0.25, 0.3) is 0 Å². The molecule has 3 rings (SSSR count). The van der Waals surface area contributed by atoms with E-state index in [9.17, 15) is 4.39 Å². The molecular weight excluding hydrogens is 331 g/mol. The van der Waals surface area contributed by atoms with Crippen molar-refractivity contribution in [1.29, 1.82) is 0 Å². The number of ether oxygens (including phenoxy) is 2. The van der Waals surface area contributed by atoms with Crippen molar-refractivity contribution in [2.24, 2.45) is 0 Å². The summed E-state index contributed by atoms with van der Waals surface area (Å²) in [6.07, 6.45) is 1.82. The number of hydrogen-bond acceptors (Lipinski definition) is 4. The fraction of sp³-hybridized carbons (Fsp3) is 0.429. The van der Waals surface area contributed by atoms with E-state index >= 15 is 0 Å². The number of halogens is 1. The van der Waals surface area contributed by atoms with Gasteiger partial charge in [0.1, 0.15) is 5.82 Å². The lowest BCUT2D eigenvalue weighted by atomic mass is 9.89. The van der Waals surface area contributed by atoms with Gasteiger partial charge in [0.2, 0.25) is 0 Å². The Morgan fingerprint density at radius 2 is 1.96 bits per heavy atom. The standard InChI is InChI=1S/C21H27FN2O2/c1-24(2)11-6-12-26-20-14-17-15(13-19(20)25-3)9-10-23-21(17)16-7-4-5-8-18(16)22/h4-5,7-8,13-14,21,23H,6,9-12H2,1-3H3. The summed E-state index contributed by atoms with van der Waals surface area (Å²) < 4.78 is 25.8. The number of nitrogens with zero attached hydrogens (tertiary/aromatic N) is 1. The molecule has 26 heavy (non-hydrogen) atoms. The summed E-state index contributed by atoms with van der Waals surface area (Å²) in [5.74, 6) is 1.26. The Balaban J connectivity index is 1.88. The summed E-state index contributed by atoms with van der Waals surface area (Å²) in [7, 11) is 5.75. The molecule has 5 heteroatoms. The van der Waals surface area contributed by atoms with Gasteiger partial charge < -0.3 is 19.7 Å². The minimum absolute atomic E-state index is 0.171. The van der Waals surface area contributed by atoms with Crippen LogP contribution >= 0.6 is 0 Å². The Hall–Kier alpha value is -2.11. The average Bonchev–Trinajstić information content (AvgIpc) is 2.64. The second-order valence-electron chi connectivity index (χ2n) is 6.87. The van der Waals surface area contributed by atoms with Crippen LogP contribution in [-0.4, -0.2) is 45.8 Å². The summed E-state index contributed by atoms with van der Waals surface area (Å²) in [5, 5.41) is 3.44. The molecule has 0 spiro atoms. The number of nitrogens with one attached hydrogen (secondary N) is 1. The molecule has 1 aliphatic rings. The maximum atomic E-state index is 14.3. The van der Waals surface area contributed by atoms with Crippen LogP contribution in [0.15, 0.2) is 36.4 Å². The Morgan fingerprint density at radius 3 is 2.69 bits per heavy atom. The number of benzene rings is 2. The topological polar surface area (TPSA) is 33.7 Å². The fourth-order valence-electron chi connectivity index (χ4n) is 3.39. The number of methoxy groups -OCH3 is 1. The van der Waals surface area contributed by atoms with Crippen LogP contribution in [0.3, 0.4) is 0 Å². The van der Waals surface area contributed by atoms with Crippen molar-refractivity contribution in [3.8, 4) is 11.5 Å². The lowest BCUT2D eigenvalue weighted by Crippen LogP contribution is -2.31. The van der Waals surface area contributed by atoms with E-state index in [-0.39, 0.29) is 11.9 Å². The Bertz CT molecular complexity index is 749. The van der Waals surface area contributed by atoms with Crippen LogP contribution < -0.4 is 14.8 Å². The monoisotopic (exact) mass is 358 g/mol. The van der Waals surface area contributed by atoms with Gasteiger partial charge >= 0.3 is 0 Å². The van der Waals surface area contributed by atoms with Crippen LogP contribution in [0.4, 0.5) is 4.39 Å². The number of hydrogen-bond donors (Lipinski definition) is 1. The second kappa shape index (κ2) is 8.52. The number of fused-ring (bicyclic) bond motifs is 1. The van der Waals surface area contributed by atoms with Crippen LogP contribution in [0.5, 0.6) is 11.5 Å². The van der Waals surface area contributed by atoms with Gasteiger partial charge in [-0.2, -0.15) is 0 Å².